The number of benzene rings is 1. The lowest BCUT2D eigenvalue weighted by Gasteiger charge is -2.17. The number of fused-ring (bicyclic) bond motifs is 3. The molecule has 0 unspecified atom stereocenters. The standard InChI is InChI=1S/C20H22N2OS/c1-12-4-6-14(3)15(8-12)10-22-11-21-19-18(20(22)23)16-7-5-13(2)9-17(16)24-19/h4,6,8,11,13H,5,7,9-10H2,1-3H3/t13-/m1/s1. The van der Waals surface area contributed by atoms with Crippen LogP contribution in [0.3, 0.4) is 0 Å². The minimum atomic E-state index is 0.118. The Balaban J connectivity index is 1.81. The maximum atomic E-state index is 13.1. The summed E-state index contributed by atoms with van der Waals surface area (Å²) in [6.07, 6.45) is 5.00. The van der Waals surface area contributed by atoms with Crippen molar-refractivity contribution >= 4 is 21.6 Å². The molecule has 24 heavy (non-hydrogen) atoms. The molecule has 0 N–H and O–H groups in total. The summed E-state index contributed by atoms with van der Waals surface area (Å²) >= 11 is 1.71. The topological polar surface area (TPSA) is 34.9 Å². The Hall–Kier alpha value is -1.94. The molecule has 1 aliphatic rings. The summed E-state index contributed by atoms with van der Waals surface area (Å²) in [5.41, 5.74) is 5.01. The second kappa shape index (κ2) is 5.85. The molecule has 124 valence electrons. The third-order valence-electron chi connectivity index (χ3n) is 5.13. The molecule has 0 saturated carbocycles. The number of nitrogens with zero attached hydrogens (tertiary/aromatic N) is 2. The van der Waals surface area contributed by atoms with Crippen molar-refractivity contribution in [3.63, 3.8) is 0 Å². The van der Waals surface area contributed by atoms with Gasteiger partial charge in [-0.3, -0.25) is 9.36 Å². The van der Waals surface area contributed by atoms with Gasteiger partial charge in [0.15, 0.2) is 0 Å². The van der Waals surface area contributed by atoms with E-state index in [-0.39, 0.29) is 5.56 Å². The van der Waals surface area contributed by atoms with Crippen molar-refractivity contribution in [3.05, 3.63) is 62.0 Å². The molecule has 1 aromatic carbocycles. The third-order valence-corrected chi connectivity index (χ3v) is 6.29. The Labute approximate surface area is 146 Å². The van der Waals surface area contributed by atoms with E-state index in [4.69, 9.17) is 0 Å². The van der Waals surface area contributed by atoms with E-state index in [1.807, 2.05) is 0 Å². The summed E-state index contributed by atoms with van der Waals surface area (Å²) in [6, 6.07) is 6.39. The van der Waals surface area contributed by atoms with E-state index in [9.17, 15) is 4.79 Å². The van der Waals surface area contributed by atoms with Crippen molar-refractivity contribution in [1.29, 1.82) is 0 Å². The molecule has 1 aliphatic carbocycles. The van der Waals surface area contributed by atoms with E-state index in [2.05, 4.69) is 44.0 Å². The van der Waals surface area contributed by atoms with Crippen LogP contribution in [0.15, 0.2) is 29.3 Å². The lowest BCUT2D eigenvalue weighted by Crippen LogP contribution is -2.22. The second-order valence-electron chi connectivity index (χ2n) is 7.14. The van der Waals surface area contributed by atoms with Gasteiger partial charge in [0.25, 0.3) is 5.56 Å². The normalized spacial score (nSPS) is 17.2. The zero-order valence-electron chi connectivity index (χ0n) is 14.4. The summed E-state index contributed by atoms with van der Waals surface area (Å²) in [5, 5.41) is 0.870. The van der Waals surface area contributed by atoms with Crippen LogP contribution >= 0.6 is 11.3 Å². The summed E-state index contributed by atoms with van der Waals surface area (Å²) in [7, 11) is 0. The highest BCUT2D eigenvalue weighted by Gasteiger charge is 2.23. The molecular formula is C20H22N2OS. The van der Waals surface area contributed by atoms with Crippen LogP contribution < -0.4 is 5.56 Å². The number of hydrogen-bond donors (Lipinski definition) is 0. The largest absolute Gasteiger partial charge is 0.294 e. The van der Waals surface area contributed by atoms with Crippen LogP contribution in [0.25, 0.3) is 10.2 Å². The molecule has 0 radical (unpaired) electrons. The molecule has 4 heteroatoms. The smallest absolute Gasteiger partial charge is 0.262 e. The molecule has 2 aromatic heterocycles. The molecule has 0 amide bonds. The quantitative estimate of drug-likeness (QED) is 0.700. The number of thiophene rings is 1. The minimum absolute atomic E-state index is 0.118. The molecule has 0 saturated heterocycles. The number of hydrogen-bond acceptors (Lipinski definition) is 3. The first kappa shape index (κ1) is 15.6. The van der Waals surface area contributed by atoms with Crippen LogP contribution in [0.1, 0.15) is 40.5 Å². The zero-order valence-corrected chi connectivity index (χ0v) is 15.2. The van der Waals surface area contributed by atoms with E-state index in [1.165, 1.54) is 33.6 Å². The van der Waals surface area contributed by atoms with Crippen LogP contribution in [0.4, 0.5) is 0 Å². The van der Waals surface area contributed by atoms with Crippen LogP contribution in [-0.4, -0.2) is 9.55 Å². The monoisotopic (exact) mass is 338 g/mol. The van der Waals surface area contributed by atoms with E-state index in [0.29, 0.717) is 12.5 Å². The predicted molar refractivity (Wildman–Crippen MR) is 100 cm³/mol. The lowest BCUT2D eigenvalue weighted by atomic mass is 9.89. The highest BCUT2D eigenvalue weighted by atomic mass is 32.1. The van der Waals surface area contributed by atoms with Gasteiger partial charge in [-0.1, -0.05) is 30.7 Å². The van der Waals surface area contributed by atoms with Gasteiger partial charge in [-0.05, 0) is 55.7 Å². The van der Waals surface area contributed by atoms with Gasteiger partial charge in [-0.25, -0.2) is 4.98 Å². The van der Waals surface area contributed by atoms with Crippen LogP contribution in [0.2, 0.25) is 0 Å². The Kier molecular flexibility index (Phi) is 3.80. The van der Waals surface area contributed by atoms with Crippen molar-refractivity contribution < 1.29 is 0 Å². The summed E-state index contributed by atoms with van der Waals surface area (Å²) < 4.78 is 1.77. The molecule has 3 aromatic rings. The third kappa shape index (κ3) is 2.59. The molecule has 4 rings (SSSR count). The Morgan fingerprint density at radius 3 is 3.00 bits per heavy atom. The van der Waals surface area contributed by atoms with Crippen LogP contribution in [0.5, 0.6) is 0 Å². The average Bonchev–Trinajstić information content (AvgIpc) is 2.91. The molecule has 3 nitrogen and oxygen atoms in total. The first-order valence-corrected chi connectivity index (χ1v) is 9.40. The average molecular weight is 338 g/mol. The zero-order chi connectivity index (χ0) is 16.8. The van der Waals surface area contributed by atoms with E-state index < -0.39 is 0 Å². The molecule has 2 heterocycles. The van der Waals surface area contributed by atoms with Crippen molar-refractivity contribution in [1.82, 2.24) is 9.55 Å². The summed E-state index contributed by atoms with van der Waals surface area (Å²) in [6.45, 7) is 7.07. The first-order valence-electron chi connectivity index (χ1n) is 8.58. The molecule has 0 spiro atoms. The lowest BCUT2D eigenvalue weighted by molar-refractivity contribution is 0.509. The van der Waals surface area contributed by atoms with Gasteiger partial charge in [0.1, 0.15) is 4.83 Å². The van der Waals surface area contributed by atoms with E-state index in [1.54, 1.807) is 22.2 Å². The fourth-order valence-electron chi connectivity index (χ4n) is 3.63. The first-order chi connectivity index (χ1) is 11.5. The Morgan fingerprint density at radius 2 is 2.17 bits per heavy atom. The number of aryl methyl sites for hydroxylation is 3. The maximum absolute atomic E-state index is 13.1. The van der Waals surface area contributed by atoms with Crippen molar-refractivity contribution in [2.45, 2.75) is 46.6 Å². The van der Waals surface area contributed by atoms with Gasteiger partial charge in [0.2, 0.25) is 0 Å². The van der Waals surface area contributed by atoms with Crippen molar-refractivity contribution in [2.24, 2.45) is 5.92 Å². The van der Waals surface area contributed by atoms with Gasteiger partial charge in [0.05, 0.1) is 18.3 Å². The molecule has 0 bridgehead atoms. The van der Waals surface area contributed by atoms with Crippen molar-refractivity contribution in [2.75, 3.05) is 0 Å². The van der Waals surface area contributed by atoms with Gasteiger partial charge < -0.3 is 0 Å². The SMILES string of the molecule is Cc1ccc(C)c(Cn2cnc3sc4c(c3c2=O)CC[C@@H](C)C4)c1. The van der Waals surface area contributed by atoms with E-state index >= 15 is 0 Å². The molecule has 1 atom stereocenters. The van der Waals surface area contributed by atoms with Crippen LogP contribution in [-0.2, 0) is 19.4 Å². The van der Waals surface area contributed by atoms with Crippen molar-refractivity contribution in [3.8, 4) is 0 Å². The van der Waals surface area contributed by atoms with Gasteiger partial charge >= 0.3 is 0 Å². The maximum Gasteiger partial charge on any atom is 0.262 e. The minimum Gasteiger partial charge on any atom is -0.294 e. The Morgan fingerprint density at radius 1 is 1.33 bits per heavy atom. The predicted octanol–water partition coefficient (Wildman–Crippen LogP) is 4.25. The number of aromatic nitrogens is 2. The molecule has 0 fully saturated rings. The van der Waals surface area contributed by atoms with Gasteiger partial charge in [-0.15, -0.1) is 11.3 Å². The Bertz CT molecular complexity index is 983. The molecular weight excluding hydrogens is 316 g/mol. The second-order valence-corrected chi connectivity index (χ2v) is 8.22. The summed E-state index contributed by atoms with van der Waals surface area (Å²) in [4.78, 5) is 20.0. The van der Waals surface area contributed by atoms with E-state index in [0.717, 1.165) is 23.1 Å². The van der Waals surface area contributed by atoms with Crippen LogP contribution in [0, 0.1) is 19.8 Å². The fourth-order valence-corrected chi connectivity index (χ4v) is 4.97. The fraction of sp³-hybridized carbons (Fsp3) is 0.400. The molecule has 0 aliphatic heterocycles. The van der Waals surface area contributed by atoms with Gasteiger partial charge in [0, 0.05) is 4.88 Å². The summed E-state index contributed by atoms with van der Waals surface area (Å²) in [5.74, 6) is 0.711. The number of rotatable bonds is 2. The highest BCUT2D eigenvalue weighted by molar-refractivity contribution is 7.18. The highest BCUT2D eigenvalue weighted by Crippen LogP contribution is 2.35. The van der Waals surface area contributed by atoms with Gasteiger partial charge in [-0.2, -0.15) is 0 Å².